The highest BCUT2D eigenvalue weighted by Crippen LogP contribution is 2.33. The van der Waals surface area contributed by atoms with E-state index < -0.39 is 53.4 Å². The van der Waals surface area contributed by atoms with Crippen LogP contribution in [0.3, 0.4) is 0 Å². The van der Waals surface area contributed by atoms with Gasteiger partial charge >= 0.3 is 12.1 Å². The van der Waals surface area contributed by atoms with Crippen LogP contribution in [0.15, 0.2) is 12.2 Å². The molecule has 9 nitrogen and oxygen atoms in total. The van der Waals surface area contributed by atoms with Gasteiger partial charge in [0.1, 0.15) is 18.1 Å². The van der Waals surface area contributed by atoms with Crippen molar-refractivity contribution in [1.82, 2.24) is 20.9 Å². The van der Waals surface area contributed by atoms with Gasteiger partial charge in [0.15, 0.2) is 0 Å². The number of nitriles is 1. The third-order valence-electron chi connectivity index (χ3n) is 7.37. The minimum Gasteiger partial charge on any atom is -0.350 e. The molecular formula is C24H32F3N5O4. The zero-order valence-electron chi connectivity index (χ0n) is 20.5. The number of carbonyl (C=O) groups excluding carboxylic acids is 4. The molecule has 3 aliphatic heterocycles. The second kappa shape index (κ2) is 10.5. The fraction of sp³-hybridized carbons (Fsp3) is 0.708. The summed E-state index contributed by atoms with van der Waals surface area (Å²) in [6, 6.07) is -1.81. The second-order valence-electron chi connectivity index (χ2n) is 10.6. The molecule has 0 spiro atoms. The Morgan fingerprint density at radius 1 is 1.19 bits per heavy atom. The molecule has 2 saturated heterocycles. The summed E-state index contributed by atoms with van der Waals surface area (Å²) in [4.78, 5) is 52.3. The Balaban J connectivity index is 1.98. The van der Waals surface area contributed by atoms with Crippen molar-refractivity contribution in [2.24, 2.45) is 17.3 Å². The molecule has 0 saturated carbocycles. The third-order valence-corrected chi connectivity index (χ3v) is 7.37. The van der Waals surface area contributed by atoms with Gasteiger partial charge in [-0.1, -0.05) is 32.9 Å². The number of rotatable bonds is 1. The molecule has 6 atom stereocenters. The van der Waals surface area contributed by atoms with Gasteiger partial charge in [0, 0.05) is 18.5 Å². The van der Waals surface area contributed by atoms with Crippen molar-refractivity contribution in [2.45, 2.75) is 83.2 Å². The van der Waals surface area contributed by atoms with E-state index in [9.17, 15) is 37.6 Å². The molecule has 0 aromatic heterocycles. The molecule has 3 heterocycles. The van der Waals surface area contributed by atoms with Crippen molar-refractivity contribution in [1.29, 1.82) is 5.26 Å². The van der Waals surface area contributed by atoms with Crippen LogP contribution >= 0.6 is 0 Å². The monoisotopic (exact) mass is 511 g/mol. The molecule has 198 valence electrons. The zero-order chi connectivity index (χ0) is 26.8. The van der Waals surface area contributed by atoms with E-state index in [1.165, 1.54) is 4.90 Å². The molecule has 2 fully saturated rings. The topological polar surface area (TPSA) is 131 Å². The molecule has 2 bridgehead atoms. The molecule has 0 radical (unpaired) electrons. The SMILES string of the molecule is C[C@H]1CCN2C(=O)[C@@H](NC(=O)C(F)(F)F)C(C)(C)CC/C=C\[C@@H]3C[C@@H](C[C@@H](C#N)NC(=O)[C@H]12)C(=O)N3. The van der Waals surface area contributed by atoms with E-state index in [2.05, 4.69) is 10.6 Å². The highest BCUT2D eigenvalue weighted by molar-refractivity contribution is 5.94. The Labute approximate surface area is 207 Å². The van der Waals surface area contributed by atoms with Crippen LogP contribution in [-0.2, 0) is 19.2 Å². The summed E-state index contributed by atoms with van der Waals surface area (Å²) >= 11 is 0. The minimum absolute atomic E-state index is 0.102. The van der Waals surface area contributed by atoms with E-state index in [1.807, 2.05) is 11.4 Å². The van der Waals surface area contributed by atoms with Crippen molar-refractivity contribution in [3.05, 3.63) is 12.2 Å². The van der Waals surface area contributed by atoms with Gasteiger partial charge in [-0.15, -0.1) is 0 Å². The van der Waals surface area contributed by atoms with E-state index in [0.717, 1.165) is 0 Å². The molecule has 0 unspecified atom stereocenters. The molecule has 4 amide bonds. The van der Waals surface area contributed by atoms with Crippen molar-refractivity contribution in [3.8, 4) is 6.07 Å². The third kappa shape index (κ3) is 5.99. The first-order valence-electron chi connectivity index (χ1n) is 12.1. The van der Waals surface area contributed by atoms with Gasteiger partial charge in [0.2, 0.25) is 17.7 Å². The molecule has 3 N–H and O–H groups in total. The molecule has 0 aromatic carbocycles. The number of halogens is 3. The fourth-order valence-electron chi connectivity index (χ4n) is 5.21. The van der Waals surface area contributed by atoms with Crippen LogP contribution < -0.4 is 16.0 Å². The molecule has 3 rings (SSSR count). The lowest BCUT2D eigenvalue weighted by atomic mass is 9.79. The number of fused-ring (bicyclic) bond motifs is 3. The first kappa shape index (κ1) is 27.5. The Morgan fingerprint density at radius 2 is 1.89 bits per heavy atom. The lowest BCUT2D eigenvalue weighted by Crippen LogP contribution is -2.60. The van der Waals surface area contributed by atoms with Gasteiger partial charge in [-0.05, 0) is 43.4 Å². The van der Waals surface area contributed by atoms with Gasteiger partial charge in [0.05, 0.1) is 6.07 Å². The number of alkyl halides is 3. The highest BCUT2D eigenvalue weighted by Gasteiger charge is 2.49. The molecule has 0 aliphatic carbocycles. The zero-order valence-corrected chi connectivity index (χ0v) is 20.5. The second-order valence-corrected chi connectivity index (χ2v) is 10.6. The Bertz CT molecular complexity index is 974. The molecule has 3 aliphatic rings. The largest absolute Gasteiger partial charge is 0.471 e. The lowest BCUT2D eigenvalue weighted by Gasteiger charge is -2.38. The summed E-state index contributed by atoms with van der Waals surface area (Å²) in [6.07, 6.45) is 0.0120. The van der Waals surface area contributed by atoms with Crippen LogP contribution in [0.1, 0.15) is 52.9 Å². The average molecular weight is 512 g/mol. The molecule has 0 aromatic rings. The summed E-state index contributed by atoms with van der Waals surface area (Å²) in [5, 5.41) is 16.9. The first-order valence-corrected chi connectivity index (χ1v) is 12.1. The van der Waals surface area contributed by atoms with Crippen molar-refractivity contribution < 1.29 is 32.3 Å². The Kier molecular flexibility index (Phi) is 8.00. The number of nitrogens with zero attached hydrogens (tertiary/aromatic N) is 2. The normalized spacial score (nSPS) is 34.2. The number of carbonyl (C=O) groups is 4. The minimum atomic E-state index is -5.18. The van der Waals surface area contributed by atoms with Crippen LogP contribution in [0.2, 0.25) is 0 Å². The standard InChI is InChI=1S/C24H32F3N5O4/c1-13-7-9-32-17(13)20(34)30-16(12-28)11-14-10-15(29-19(14)33)6-4-5-8-23(2,3)18(21(32)35)31-22(36)24(25,26)27/h4,6,13-18H,5,7-11H2,1-3H3,(H,29,33)(H,30,34)(H,31,36)/b6-4-/t13-,14-,15+,16-,17-,18+/m0/s1. The Morgan fingerprint density at radius 3 is 2.53 bits per heavy atom. The van der Waals surface area contributed by atoms with Gasteiger partial charge in [0.25, 0.3) is 0 Å². The number of hydrogen-bond acceptors (Lipinski definition) is 5. The molecule has 36 heavy (non-hydrogen) atoms. The maximum absolute atomic E-state index is 13.6. The van der Waals surface area contributed by atoms with Gasteiger partial charge in [-0.2, -0.15) is 18.4 Å². The predicted octanol–water partition coefficient (Wildman–Crippen LogP) is 1.55. The fourth-order valence-corrected chi connectivity index (χ4v) is 5.21. The van der Waals surface area contributed by atoms with Crippen molar-refractivity contribution in [2.75, 3.05) is 6.54 Å². The summed E-state index contributed by atoms with van der Waals surface area (Å²) in [5.41, 5.74) is -1.09. The quantitative estimate of drug-likeness (QED) is 0.460. The lowest BCUT2D eigenvalue weighted by molar-refractivity contribution is -0.176. The number of hydrogen-bond donors (Lipinski definition) is 3. The van der Waals surface area contributed by atoms with Gasteiger partial charge < -0.3 is 20.9 Å². The summed E-state index contributed by atoms with van der Waals surface area (Å²) in [7, 11) is 0. The van der Waals surface area contributed by atoms with Gasteiger partial charge in [-0.25, -0.2) is 0 Å². The Hall–Kier alpha value is -3.10. The molecular weight excluding hydrogens is 479 g/mol. The van der Waals surface area contributed by atoms with Crippen LogP contribution in [0.5, 0.6) is 0 Å². The number of nitrogens with one attached hydrogen (secondary N) is 3. The summed E-state index contributed by atoms with van der Waals surface area (Å²) in [5.74, 6) is -4.61. The smallest absolute Gasteiger partial charge is 0.350 e. The van der Waals surface area contributed by atoms with E-state index in [0.29, 0.717) is 19.3 Å². The first-order chi connectivity index (χ1) is 16.7. The van der Waals surface area contributed by atoms with E-state index in [-0.39, 0.29) is 37.3 Å². The highest BCUT2D eigenvalue weighted by atomic mass is 19.4. The average Bonchev–Trinajstić information content (AvgIpc) is 3.34. The van der Waals surface area contributed by atoms with Crippen LogP contribution in [-0.4, -0.2) is 65.4 Å². The van der Waals surface area contributed by atoms with Crippen molar-refractivity contribution in [3.63, 3.8) is 0 Å². The summed E-state index contributed by atoms with van der Waals surface area (Å²) in [6.45, 7) is 5.05. The number of allylic oxidation sites excluding steroid dienone is 1. The summed E-state index contributed by atoms with van der Waals surface area (Å²) < 4.78 is 39.4. The molecule has 12 heteroatoms. The van der Waals surface area contributed by atoms with Crippen LogP contribution in [0, 0.1) is 28.6 Å². The van der Waals surface area contributed by atoms with E-state index >= 15 is 0 Å². The van der Waals surface area contributed by atoms with E-state index in [4.69, 9.17) is 0 Å². The van der Waals surface area contributed by atoms with E-state index in [1.54, 1.807) is 32.9 Å². The van der Waals surface area contributed by atoms with Gasteiger partial charge in [-0.3, -0.25) is 19.2 Å². The maximum Gasteiger partial charge on any atom is 0.471 e. The maximum atomic E-state index is 13.6. The predicted molar refractivity (Wildman–Crippen MR) is 122 cm³/mol. The van der Waals surface area contributed by atoms with Crippen molar-refractivity contribution >= 4 is 23.6 Å². The van der Waals surface area contributed by atoms with Crippen LogP contribution in [0.4, 0.5) is 13.2 Å². The van der Waals surface area contributed by atoms with Crippen LogP contribution in [0.25, 0.3) is 0 Å². The number of amides is 4.